The van der Waals surface area contributed by atoms with Crippen LogP contribution in [0.15, 0.2) is 54.6 Å². The fourth-order valence-corrected chi connectivity index (χ4v) is 4.81. The van der Waals surface area contributed by atoms with Gasteiger partial charge in [-0.1, -0.05) is 50.2 Å². The van der Waals surface area contributed by atoms with Crippen molar-refractivity contribution >= 4 is 41.1 Å². The van der Waals surface area contributed by atoms with Gasteiger partial charge >= 0.3 is 17.8 Å². The van der Waals surface area contributed by atoms with Crippen LogP contribution in [0.5, 0.6) is 0 Å². The highest BCUT2D eigenvalue weighted by Gasteiger charge is 2.51. The number of hydrogen-bond donors (Lipinski definition) is 4. The minimum atomic E-state index is -4.62. The number of likely N-dealkylation sites (tertiary alicyclic amines) is 1. The van der Waals surface area contributed by atoms with E-state index in [9.17, 15) is 28.8 Å². The number of Topliss-reactive ketones (excluding diaryl/α,β-unsaturated/α-hetero) is 1. The third kappa shape index (κ3) is 8.21. The normalized spacial score (nSPS) is 16.2. The van der Waals surface area contributed by atoms with Gasteiger partial charge in [-0.3, -0.25) is 24.0 Å². The van der Waals surface area contributed by atoms with E-state index in [-0.39, 0.29) is 36.6 Å². The monoisotopic (exact) mass is 600 g/mol. The van der Waals surface area contributed by atoms with Crippen molar-refractivity contribution in [3.8, 4) is 0 Å². The molecule has 13 heteroatoms. The number of amides is 4. The Morgan fingerprint density at radius 1 is 1.00 bits per heavy atom. The molecule has 3 rings (SSSR count). The molecule has 1 aliphatic rings. The third-order valence-electron chi connectivity index (χ3n) is 7.01. The fourth-order valence-electron chi connectivity index (χ4n) is 4.81. The second-order valence-corrected chi connectivity index (χ2v) is 10.6. The number of benzene rings is 2. The van der Waals surface area contributed by atoms with Gasteiger partial charge in [-0.05, 0) is 42.5 Å². The van der Waals surface area contributed by atoms with Gasteiger partial charge in [0.1, 0.15) is 12.1 Å². The van der Waals surface area contributed by atoms with Gasteiger partial charge in [0.15, 0.2) is 0 Å². The Kier molecular flexibility index (Phi) is 10.7. The molecule has 1 saturated heterocycles. The molecule has 1 aliphatic heterocycles. The molecule has 0 aromatic heterocycles. The molecular weight excluding hydrogens is 566 g/mol. The van der Waals surface area contributed by atoms with Crippen LogP contribution in [-0.2, 0) is 30.4 Å². The molecule has 1 fully saturated rings. The highest BCUT2D eigenvalue weighted by Crippen LogP contribution is 2.24. The number of anilines is 1. The summed E-state index contributed by atoms with van der Waals surface area (Å²) in [6.45, 7) is 4.90. The second kappa shape index (κ2) is 14.0. The first-order valence-corrected chi connectivity index (χ1v) is 13.7. The van der Waals surface area contributed by atoms with Crippen molar-refractivity contribution in [3.63, 3.8) is 0 Å². The summed E-state index contributed by atoms with van der Waals surface area (Å²) in [4.78, 5) is 76.7. The van der Waals surface area contributed by atoms with E-state index in [2.05, 4.69) is 10.6 Å². The number of carboxylic acid groups (broad SMARTS) is 1. The lowest BCUT2D eigenvalue weighted by Gasteiger charge is -2.31. The smallest absolute Gasteiger partial charge is 0.383 e. The molecule has 0 spiro atoms. The van der Waals surface area contributed by atoms with Crippen LogP contribution in [0.3, 0.4) is 0 Å². The number of ketones is 1. The van der Waals surface area contributed by atoms with Gasteiger partial charge in [-0.2, -0.15) is 8.78 Å². The van der Waals surface area contributed by atoms with Crippen molar-refractivity contribution in [2.24, 2.45) is 5.92 Å². The maximum absolute atomic E-state index is 15.3. The molecule has 4 amide bonds. The first-order valence-electron chi connectivity index (χ1n) is 13.7. The molecule has 1 heterocycles. The Labute approximate surface area is 247 Å². The summed E-state index contributed by atoms with van der Waals surface area (Å²) in [5.74, 6) is -12.0. The maximum Gasteiger partial charge on any atom is 0.383 e. The number of carbonyl (C=O) groups excluding carboxylic acids is 5. The number of aromatic carboxylic acids is 1. The second-order valence-electron chi connectivity index (χ2n) is 10.6. The highest BCUT2D eigenvalue weighted by atomic mass is 19.3. The van der Waals surface area contributed by atoms with Crippen molar-refractivity contribution in [1.29, 1.82) is 0 Å². The van der Waals surface area contributed by atoms with Gasteiger partial charge in [0.05, 0.1) is 11.6 Å². The summed E-state index contributed by atoms with van der Waals surface area (Å²) in [6.07, 6.45) is 0.259. The van der Waals surface area contributed by atoms with Crippen molar-refractivity contribution in [1.82, 2.24) is 15.5 Å². The average Bonchev–Trinajstić information content (AvgIpc) is 3.45. The summed E-state index contributed by atoms with van der Waals surface area (Å²) < 4.78 is 30.6. The first-order chi connectivity index (χ1) is 20.2. The summed E-state index contributed by atoms with van der Waals surface area (Å²) in [6, 6.07) is 8.76. The molecular formula is C30H34F2N4O7. The van der Waals surface area contributed by atoms with Crippen LogP contribution in [-0.4, -0.2) is 76.0 Å². The zero-order valence-corrected chi connectivity index (χ0v) is 23.9. The van der Waals surface area contributed by atoms with E-state index < -0.39 is 59.4 Å². The van der Waals surface area contributed by atoms with Gasteiger partial charge < -0.3 is 26.0 Å². The number of halogens is 2. The Morgan fingerprint density at radius 2 is 1.67 bits per heavy atom. The number of nitrogens with one attached hydrogen (secondary N) is 3. The molecule has 3 atom stereocenters. The molecule has 2 aromatic carbocycles. The van der Waals surface area contributed by atoms with E-state index in [1.165, 1.54) is 30.0 Å². The number of carboxylic acids is 1. The highest BCUT2D eigenvalue weighted by molar-refractivity contribution is 6.15. The summed E-state index contributed by atoms with van der Waals surface area (Å²) in [5.41, 5.74) is -0.105. The van der Waals surface area contributed by atoms with Crippen molar-refractivity contribution in [3.05, 3.63) is 65.7 Å². The lowest BCUT2D eigenvalue weighted by atomic mass is 9.97. The predicted octanol–water partition coefficient (Wildman–Crippen LogP) is 2.41. The van der Waals surface area contributed by atoms with Crippen LogP contribution in [0.25, 0.3) is 0 Å². The van der Waals surface area contributed by atoms with E-state index in [0.29, 0.717) is 12.0 Å². The molecule has 43 heavy (non-hydrogen) atoms. The first kappa shape index (κ1) is 32.8. The van der Waals surface area contributed by atoms with Gasteiger partial charge in [0, 0.05) is 25.6 Å². The van der Waals surface area contributed by atoms with E-state index in [4.69, 9.17) is 5.11 Å². The lowest BCUT2D eigenvalue weighted by molar-refractivity contribution is -0.157. The number of nitrogens with zero attached hydrogens (tertiary/aromatic N) is 1. The van der Waals surface area contributed by atoms with Crippen molar-refractivity contribution < 1.29 is 42.7 Å². The Morgan fingerprint density at radius 3 is 2.28 bits per heavy atom. The van der Waals surface area contributed by atoms with Crippen LogP contribution < -0.4 is 16.0 Å². The summed E-state index contributed by atoms with van der Waals surface area (Å²) in [7, 11) is 0. The molecule has 11 nitrogen and oxygen atoms in total. The summed E-state index contributed by atoms with van der Waals surface area (Å²) >= 11 is 0. The topological polar surface area (TPSA) is 162 Å². The van der Waals surface area contributed by atoms with Gasteiger partial charge in [0.2, 0.25) is 23.5 Å². The van der Waals surface area contributed by atoms with Crippen LogP contribution >= 0.6 is 0 Å². The number of rotatable bonds is 12. The molecule has 4 N–H and O–H groups in total. The minimum absolute atomic E-state index is 0.186. The average molecular weight is 601 g/mol. The van der Waals surface area contributed by atoms with E-state index >= 15 is 8.78 Å². The maximum atomic E-state index is 15.3. The van der Waals surface area contributed by atoms with E-state index in [1.54, 1.807) is 44.2 Å². The Hall–Kier alpha value is -4.68. The fraction of sp³-hybridized carbons (Fsp3) is 0.400. The molecule has 2 aromatic rings. The number of alkyl halides is 2. The minimum Gasteiger partial charge on any atom is -0.478 e. The quantitative estimate of drug-likeness (QED) is 0.272. The van der Waals surface area contributed by atoms with Crippen molar-refractivity contribution in [2.45, 2.75) is 64.1 Å². The van der Waals surface area contributed by atoms with Crippen LogP contribution in [0, 0.1) is 5.92 Å². The largest absolute Gasteiger partial charge is 0.478 e. The molecule has 0 bridgehead atoms. The molecule has 0 radical (unpaired) electrons. The number of hydrogen-bond acceptors (Lipinski definition) is 6. The van der Waals surface area contributed by atoms with Gasteiger partial charge in [-0.15, -0.1) is 0 Å². The Bertz CT molecular complexity index is 1380. The van der Waals surface area contributed by atoms with Crippen LogP contribution in [0.1, 0.15) is 49.5 Å². The predicted molar refractivity (Wildman–Crippen MR) is 151 cm³/mol. The van der Waals surface area contributed by atoms with Crippen LogP contribution in [0.4, 0.5) is 14.5 Å². The standard InChI is InChI=1S/C30H34F2N4O7/c1-17(2)24(33-18(3)37)27(40)36-14-8-13-23(36)26(39)35-22(15-19-9-5-4-6-10-19)25(38)30(31,32)29(43)34-21-12-7-11-20(16-21)28(41)42/h4-7,9-12,16-17,22-24H,8,13-15H2,1-3H3,(H,33,37)(H,34,43)(H,35,39)(H,41,42)/t22?,23-,24-/m0/s1. The van der Waals surface area contributed by atoms with Gasteiger partial charge in [-0.25, -0.2) is 4.79 Å². The Balaban J connectivity index is 1.85. The van der Waals surface area contributed by atoms with E-state index in [1.807, 2.05) is 5.32 Å². The number of carbonyl (C=O) groups is 6. The SMILES string of the molecule is CC(=O)N[C@H](C(=O)N1CCC[C@H]1C(=O)NC(Cc1ccccc1)C(=O)C(F)(F)C(=O)Nc1cccc(C(=O)O)c1)C(C)C. The molecule has 0 aliphatic carbocycles. The zero-order valence-electron chi connectivity index (χ0n) is 23.9. The lowest BCUT2D eigenvalue weighted by Crippen LogP contribution is -2.58. The van der Waals surface area contributed by atoms with Crippen LogP contribution in [0.2, 0.25) is 0 Å². The zero-order chi connectivity index (χ0) is 31.9. The van der Waals surface area contributed by atoms with Gasteiger partial charge in [0.25, 0.3) is 0 Å². The summed E-state index contributed by atoms with van der Waals surface area (Å²) in [5, 5.41) is 15.9. The van der Waals surface area contributed by atoms with E-state index in [0.717, 1.165) is 6.07 Å². The molecule has 0 saturated carbocycles. The molecule has 1 unspecified atom stereocenters. The third-order valence-corrected chi connectivity index (χ3v) is 7.01. The van der Waals surface area contributed by atoms with Crippen molar-refractivity contribution in [2.75, 3.05) is 11.9 Å². The molecule has 230 valence electrons.